The van der Waals surface area contributed by atoms with E-state index in [1.54, 1.807) is 0 Å². The average molecular weight is 464 g/mol. The molecule has 10 heteroatoms. The molecule has 0 bridgehead atoms. The molecule has 0 N–H and O–H groups in total. The number of carbonyl (C=O) groups excluding carboxylic acids is 1. The van der Waals surface area contributed by atoms with Crippen molar-refractivity contribution in [2.24, 2.45) is 0 Å². The lowest BCUT2D eigenvalue weighted by molar-refractivity contribution is -0.131. The second-order valence-electron chi connectivity index (χ2n) is 8.59. The number of rotatable bonds is 6. The zero-order chi connectivity index (χ0) is 23.3. The van der Waals surface area contributed by atoms with Gasteiger partial charge in [-0.2, -0.15) is 4.98 Å². The molecule has 0 unspecified atom stereocenters. The van der Waals surface area contributed by atoms with Gasteiger partial charge in [0.2, 0.25) is 17.6 Å². The second-order valence-corrected chi connectivity index (χ2v) is 8.59. The number of piperazine rings is 1. The second kappa shape index (κ2) is 10.2. The van der Waals surface area contributed by atoms with Crippen molar-refractivity contribution in [2.45, 2.75) is 19.8 Å². The average Bonchev–Trinajstić information content (AvgIpc) is 3.37. The number of carbonyl (C=O) groups is 1. The Labute approximate surface area is 198 Å². The standard InChI is InChI=1S/C24H29N7O3/c1-18-2-4-19(5-3-18)24-25-22(34-28-24)8-9-23(32)31-12-10-29(11-13-31)20-6-7-21(27-26-20)30-14-16-33-17-15-30/h2-7H,8-17H2,1H3. The Morgan fingerprint density at radius 3 is 2.18 bits per heavy atom. The van der Waals surface area contributed by atoms with Crippen LogP contribution >= 0.6 is 0 Å². The van der Waals surface area contributed by atoms with Gasteiger partial charge in [-0.1, -0.05) is 35.0 Å². The molecular formula is C24H29N7O3. The zero-order valence-corrected chi connectivity index (χ0v) is 19.4. The molecule has 178 valence electrons. The molecule has 0 aliphatic carbocycles. The Balaban J connectivity index is 1.09. The highest BCUT2D eigenvalue weighted by molar-refractivity contribution is 5.76. The fourth-order valence-electron chi connectivity index (χ4n) is 4.18. The number of amides is 1. The fourth-order valence-corrected chi connectivity index (χ4v) is 4.18. The van der Waals surface area contributed by atoms with Crippen LogP contribution in [0.15, 0.2) is 40.9 Å². The van der Waals surface area contributed by atoms with Crippen LogP contribution in [0.25, 0.3) is 11.4 Å². The molecule has 1 amide bonds. The third-order valence-corrected chi connectivity index (χ3v) is 6.26. The Bertz CT molecular complexity index is 1090. The first-order valence-electron chi connectivity index (χ1n) is 11.7. The van der Waals surface area contributed by atoms with E-state index in [1.807, 2.05) is 48.2 Å². The van der Waals surface area contributed by atoms with Crippen molar-refractivity contribution in [3.63, 3.8) is 0 Å². The summed E-state index contributed by atoms with van der Waals surface area (Å²) in [4.78, 5) is 23.4. The smallest absolute Gasteiger partial charge is 0.227 e. The summed E-state index contributed by atoms with van der Waals surface area (Å²) in [7, 11) is 0. The van der Waals surface area contributed by atoms with Gasteiger partial charge in [0.05, 0.1) is 13.2 Å². The molecule has 10 nitrogen and oxygen atoms in total. The van der Waals surface area contributed by atoms with Gasteiger partial charge in [-0.15, -0.1) is 10.2 Å². The van der Waals surface area contributed by atoms with Crippen LogP contribution in [0.5, 0.6) is 0 Å². The van der Waals surface area contributed by atoms with E-state index >= 15 is 0 Å². The summed E-state index contributed by atoms with van der Waals surface area (Å²) in [6.45, 7) is 7.93. The van der Waals surface area contributed by atoms with Gasteiger partial charge in [0.25, 0.3) is 0 Å². The largest absolute Gasteiger partial charge is 0.378 e. The maximum absolute atomic E-state index is 12.7. The minimum absolute atomic E-state index is 0.100. The third-order valence-electron chi connectivity index (χ3n) is 6.26. The summed E-state index contributed by atoms with van der Waals surface area (Å²) in [6, 6.07) is 12.0. The van der Waals surface area contributed by atoms with E-state index in [0.717, 1.165) is 56.6 Å². The molecule has 0 spiro atoms. The van der Waals surface area contributed by atoms with Crippen LogP contribution in [0.4, 0.5) is 11.6 Å². The van der Waals surface area contributed by atoms with Crippen molar-refractivity contribution in [1.82, 2.24) is 25.2 Å². The number of benzene rings is 1. The van der Waals surface area contributed by atoms with Crippen LogP contribution in [0.1, 0.15) is 17.9 Å². The highest BCUT2D eigenvalue weighted by Gasteiger charge is 2.23. The first kappa shape index (κ1) is 22.3. The first-order chi connectivity index (χ1) is 16.7. The fraction of sp³-hybridized carbons (Fsp3) is 0.458. The summed E-state index contributed by atoms with van der Waals surface area (Å²) in [5, 5.41) is 12.9. The first-order valence-corrected chi connectivity index (χ1v) is 11.7. The van der Waals surface area contributed by atoms with Gasteiger partial charge in [0, 0.05) is 57.7 Å². The van der Waals surface area contributed by atoms with Crippen LogP contribution < -0.4 is 9.80 Å². The minimum atomic E-state index is 0.100. The van der Waals surface area contributed by atoms with Gasteiger partial charge in [-0.05, 0) is 19.1 Å². The number of aromatic nitrogens is 4. The Morgan fingerprint density at radius 1 is 0.882 bits per heavy atom. The van der Waals surface area contributed by atoms with E-state index in [0.29, 0.717) is 37.6 Å². The summed E-state index contributed by atoms with van der Waals surface area (Å²) in [6.07, 6.45) is 0.788. The Hall–Kier alpha value is -3.53. The van der Waals surface area contributed by atoms with Crippen molar-refractivity contribution in [2.75, 3.05) is 62.3 Å². The SMILES string of the molecule is Cc1ccc(-c2noc(CCC(=O)N3CCN(c4ccc(N5CCOCC5)nn4)CC3)n2)cc1. The van der Waals surface area contributed by atoms with Gasteiger partial charge in [0.15, 0.2) is 11.6 Å². The van der Waals surface area contributed by atoms with E-state index in [1.165, 1.54) is 5.56 Å². The van der Waals surface area contributed by atoms with Crippen molar-refractivity contribution in [3.8, 4) is 11.4 Å². The number of ether oxygens (including phenoxy) is 1. The van der Waals surface area contributed by atoms with Gasteiger partial charge in [-0.3, -0.25) is 4.79 Å². The number of anilines is 2. The normalized spacial score (nSPS) is 16.7. The number of morpholine rings is 1. The molecule has 3 aromatic rings. The minimum Gasteiger partial charge on any atom is -0.378 e. The van der Waals surface area contributed by atoms with Crippen molar-refractivity contribution >= 4 is 17.5 Å². The predicted molar refractivity (Wildman–Crippen MR) is 127 cm³/mol. The lowest BCUT2D eigenvalue weighted by Gasteiger charge is -2.35. The highest BCUT2D eigenvalue weighted by Crippen LogP contribution is 2.19. The van der Waals surface area contributed by atoms with Gasteiger partial charge < -0.3 is 24.0 Å². The molecule has 2 aliphatic heterocycles. The maximum Gasteiger partial charge on any atom is 0.227 e. The quantitative estimate of drug-likeness (QED) is 0.543. The molecule has 2 aliphatic rings. The molecule has 2 aromatic heterocycles. The lowest BCUT2D eigenvalue weighted by atomic mass is 10.1. The van der Waals surface area contributed by atoms with E-state index < -0.39 is 0 Å². The molecular weight excluding hydrogens is 434 g/mol. The molecule has 1 aromatic carbocycles. The third kappa shape index (κ3) is 5.17. The van der Waals surface area contributed by atoms with E-state index in [-0.39, 0.29) is 5.91 Å². The van der Waals surface area contributed by atoms with Gasteiger partial charge >= 0.3 is 0 Å². The topological polar surface area (TPSA) is 101 Å². The summed E-state index contributed by atoms with van der Waals surface area (Å²) >= 11 is 0. The molecule has 5 rings (SSSR count). The molecule has 0 radical (unpaired) electrons. The van der Waals surface area contributed by atoms with Crippen LogP contribution in [-0.2, 0) is 16.0 Å². The Morgan fingerprint density at radius 2 is 1.53 bits per heavy atom. The van der Waals surface area contributed by atoms with Crippen molar-refractivity contribution in [3.05, 3.63) is 47.9 Å². The summed E-state index contributed by atoms with van der Waals surface area (Å²) in [5.41, 5.74) is 2.08. The van der Waals surface area contributed by atoms with E-state index in [9.17, 15) is 4.79 Å². The number of hydrogen-bond acceptors (Lipinski definition) is 9. The lowest BCUT2D eigenvalue weighted by Crippen LogP contribution is -2.49. The maximum atomic E-state index is 12.7. The Kier molecular flexibility index (Phi) is 6.66. The van der Waals surface area contributed by atoms with Crippen molar-refractivity contribution in [1.29, 1.82) is 0 Å². The summed E-state index contributed by atoms with van der Waals surface area (Å²) in [5.74, 6) is 2.87. The van der Waals surface area contributed by atoms with Crippen LogP contribution in [-0.4, -0.2) is 83.6 Å². The van der Waals surface area contributed by atoms with Crippen LogP contribution in [0.2, 0.25) is 0 Å². The molecule has 0 saturated carbocycles. The van der Waals surface area contributed by atoms with Gasteiger partial charge in [0.1, 0.15) is 0 Å². The van der Waals surface area contributed by atoms with Gasteiger partial charge in [-0.25, -0.2) is 0 Å². The summed E-state index contributed by atoms with van der Waals surface area (Å²) < 4.78 is 10.7. The molecule has 0 atom stereocenters. The van der Waals surface area contributed by atoms with E-state index in [2.05, 4.69) is 30.1 Å². The molecule has 2 saturated heterocycles. The highest BCUT2D eigenvalue weighted by atomic mass is 16.5. The predicted octanol–water partition coefficient (Wildman–Crippen LogP) is 1.95. The number of aryl methyl sites for hydroxylation is 2. The van der Waals surface area contributed by atoms with Crippen LogP contribution in [0, 0.1) is 6.92 Å². The molecule has 4 heterocycles. The van der Waals surface area contributed by atoms with E-state index in [4.69, 9.17) is 9.26 Å². The molecule has 2 fully saturated rings. The number of nitrogens with zero attached hydrogens (tertiary/aromatic N) is 7. The monoisotopic (exact) mass is 463 g/mol. The zero-order valence-electron chi connectivity index (χ0n) is 19.4. The molecule has 34 heavy (non-hydrogen) atoms. The van der Waals surface area contributed by atoms with Crippen LogP contribution in [0.3, 0.4) is 0 Å². The number of hydrogen-bond donors (Lipinski definition) is 0. The van der Waals surface area contributed by atoms with Crippen molar-refractivity contribution < 1.29 is 14.1 Å².